The summed E-state index contributed by atoms with van der Waals surface area (Å²) >= 11 is 0. The van der Waals surface area contributed by atoms with Crippen LogP contribution in [0.15, 0.2) is 24.8 Å². The maximum atomic E-state index is 8.54. The van der Waals surface area contributed by atoms with E-state index in [1.807, 2.05) is 13.0 Å². The van der Waals surface area contributed by atoms with Crippen LogP contribution in [0, 0.1) is 0 Å². The Morgan fingerprint density at radius 2 is 2.07 bits per heavy atom. The van der Waals surface area contributed by atoms with Gasteiger partial charge < -0.3 is 4.89 Å². The highest BCUT2D eigenvalue weighted by Gasteiger charge is 2.08. The summed E-state index contributed by atoms with van der Waals surface area (Å²) in [6.45, 7) is 10.1. The highest BCUT2D eigenvalue weighted by Crippen LogP contribution is 2.28. The van der Waals surface area contributed by atoms with Gasteiger partial charge in [-0.25, -0.2) is 5.26 Å². The van der Waals surface area contributed by atoms with Gasteiger partial charge in [0.25, 0.3) is 0 Å². The van der Waals surface area contributed by atoms with Crippen molar-refractivity contribution >= 4 is 5.57 Å². The fourth-order valence-electron chi connectivity index (χ4n) is 1.47. The van der Waals surface area contributed by atoms with Gasteiger partial charge in [-0.2, -0.15) is 0 Å². The summed E-state index contributed by atoms with van der Waals surface area (Å²) < 4.78 is 0. The Morgan fingerprint density at radius 3 is 2.50 bits per heavy atom. The van der Waals surface area contributed by atoms with Gasteiger partial charge in [-0.05, 0) is 36.1 Å². The Morgan fingerprint density at radius 1 is 1.43 bits per heavy atom. The molecular weight excluding hydrogens is 176 g/mol. The van der Waals surface area contributed by atoms with E-state index in [-0.39, 0.29) is 0 Å². The molecule has 0 aliphatic carbocycles. The molecule has 14 heavy (non-hydrogen) atoms. The van der Waals surface area contributed by atoms with Crippen molar-refractivity contribution in [3.8, 4) is 5.75 Å². The molecule has 1 aromatic rings. The molecule has 0 unspecified atom stereocenters. The zero-order chi connectivity index (χ0) is 10.7. The van der Waals surface area contributed by atoms with Crippen LogP contribution in [0.4, 0.5) is 0 Å². The molecule has 0 heterocycles. The second-order valence-electron chi connectivity index (χ2n) is 3.78. The molecule has 1 aromatic carbocycles. The summed E-state index contributed by atoms with van der Waals surface area (Å²) in [7, 11) is 0. The van der Waals surface area contributed by atoms with Crippen LogP contribution in [0.25, 0.3) is 5.57 Å². The number of benzene rings is 1. The molecule has 0 amide bonds. The first-order valence-corrected chi connectivity index (χ1v) is 4.67. The maximum absolute atomic E-state index is 8.54. The SMILES string of the molecule is C=C(C)c1cc(OO)ccc1C(C)C. The number of hydrogen-bond acceptors (Lipinski definition) is 2. The molecule has 1 N–H and O–H groups in total. The third-order valence-corrected chi connectivity index (χ3v) is 2.21. The molecule has 2 heteroatoms. The molecule has 0 saturated carbocycles. The molecule has 0 aliphatic heterocycles. The Labute approximate surface area is 84.8 Å². The van der Waals surface area contributed by atoms with Crippen LogP contribution in [0.5, 0.6) is 5.75 Å². The van der Waals surface area contributed by atoms with E-state index < -0.39 is 0 Å². The minimum absolute atomic E-state index is 0.439. The summed E-state index contributed by atoms with van der Waals surface area (Å²) in [4.78, 5) is 4.20. The first kappa shape index (κ1) is 10.8. The van der Waals surface area contributed by atoms with Gasteiger partial charge in [0.15, 0.2) is 5.75 Å². The van der Waals surface area contributed by atoms with Gasteiger partial charge in [-0.1, -0.05) is 32.1 Å². The van der Waals surface area contributed by atoms with Crippen molar-refractivity contribution in [2.75, 3.05) is 0 Å². The van der Waals surface area contributed by atoms with Gasteiger partial charge in [-0.15, -0.1) is 0 Å². The van der Waals surface area contributed by atoms with E-state index >= 15 is 0 Å². The predicted molar refractivity (Wildman–Crippen MR) is 58.5 cm³/mol. The average molecular weight is 192 g/mol. The van der Waals surface area contributed by atoms with E-state index in [2.05, 4.69) is 25.3 Å². The predicted octanol–water partition coefficient (Wildman–Crippen LogP) is 3.69. The lowest BCUT2D eigenvalue weighted by atomic mass is 9.93. The van der Waals surface area contributed by atoms with E-state index in [0.717, 1.165) is 11.1 Å². The third-order valence-electron chi connectivity index (χ3n) is 2.21. The second kappa shape index (κ2) is 4.29. The minimum Gasteiger partial charge on any atom is -0.340 e. The third kappa shape index (κ3) is 2.15. The van der Waals surface area contributed by atoms with Crippen molar-refractivity contribution in [2.45, 2.75) is 26.7 Å². The Hall–Kier alpha value is -1.28. The smallest absolute Gasteiger partial charge is 0.165 e. The first-order chi connectivity index (χ1) is 6.56. The Kier molecular flexibility index (Phi) is 3.31. The number of rotatable bonds is 3. The van der Waals surface area contributed by atoms with E-state index in [1.165, 1.54) is 5.56 Å². The van der Waals surface area contributed by atoms with E-state index in [0.29, 0.717) is 11.7 Å². The molecule has 0 aromatic heterocycles. The Bertz CT molecular complexity index is 340. The molecule has 2 nitrogen and oxygen atoms in total. The molecule has 0 radical (unpaired) electrons. The highest BCUT2D eigenvalue weighted by molar-refractivity contribution is 5.66. The van der Waals surface area contributed by atoms with Gasteiger partial charge >= 0.3 is 0 Å². The average Bonchev–Trinajstić information content (AvgIpc) is 2.16. The zero-order valence-corrected chi connectivity index (χ0v) is 8.87. The van der Waals surface area contributed by atoms with Crippen LogP contribution in [-0.4, -0.2) is 5.26 Å². The standard InChI is InChI=1S/C12H16O2/c1-8(2)11-6-5-10(14-13)7-12(11)9(3)4/h5-8,13H,3H2,1-2,4H3. The van der Waals surface area contributed by atoms with Gasteiger partial charge in [0.2, 0.25) is 0 Å². The van der Waals surface area contributed by atoms with Crippen molar-refractivity contribution in [3.05, 3.63) is 35.9 Å². The van der Waals surface area contributed by atoms with E-state index in [1.54, 1.807) is 12.1 Å². The quantitative estimate of drug-likeness (QED) is 0.584. The molecule has 76 valence electrons. The second-order valence-corrected chi connectivity index (χ2v) is 3.78. The van der Waals surface area contributed by atoms with Crippen molar-refractivity contribution in [3.63, 3.8) is 0 Å². The molecule has 0 atom stereocenters. The summed E-state index contributed by atoms with van der Waals surface area (Å²) in [5.74, 6) is 0.891. The summed E-state index contributed by atoms with van der Waals surface area (Å²) in [5, 5.41) is 8.54. The largest absolute Gasteiger partial charge is 0.340 e. The van der Waals surface area contributed by atoms with Crippen LogP contribution in [-0.2, 0) is 0 Å². The first-order valence-electron chi connectivity index (χ1n) is 4.67. The van der Waals surface area contributed by atoms with Crippen LogP contribution < -0.4 is 4.89 Å². The van der Waals surface area contributed by atoms with Gasteiger partial charge in [0, 0.05) is 0 Å². The summed E-state index contributed by atoms with van der Waals surface area (Å²) in [6.07, 6.45) is 0. The van der Waals surface area contributed by atoms with Crippen LogP contribution in [0.2, 0.25) is 0 Å². The summed E-state index contributed by atoms with van der Waals surface area (Å²) in [5.41, 5.74) is 3.25. The Balaban J connectivity index is 3.24. The molecule has 0 aliphatic rings. The zero-order valence-electron chi connectivity index (χ0n) is 8.87. The number of allylic oxidation sites excluding steroid dienone is 1. The molecule has 0 saturated heterocycles. The van der Waals surface area contributed by atoms with Crippen LogP contribution in [0.1, 0.15) is 37.8 Å². The van der Waals surface area contributed by atoms with Crippen LogP contribution >= 0.6 is 0 Å². The molecule has 0 bridgehead atoms. The minimum atomic E-state index is 0.439. The lowest BCUT2D eigenvalue weighted by Gasteiger charge is -2.13. The topological polar surface area (TPSA) is 29.5 Å². The molecule has 0 spiro atoms. The van der Waals surface area contributed by atoms with Crippen molar-refractivity contribution in [2.24, 2.45) is 0 Å². The maximum Gasteiger partial charge on any atom is 0.165 e. The van der Waals surface area contributed by atoms with Gasteiger partial charge in [0.05, 0.1) is 0 Å². The highest BCUT2D eigenvalue weighted by atomic mass is 17.1. The molecule has 0 fully saturated rings. The van der Waals surface area contributed by atoms with Gasteiger partial charge in [0.1, 0.15) is 0 Å². The monoisotopic (exact) mass is 192 g/mol. The molecular formula is C12H16O2. The lowest BCUT2D eigenvalue weighted by Crippen LogP contribution is -1.95. The number of hydrogen-bond donors (Lipinski definition) is 1. The van der Waals surface area contributed by atoms with E-state index in [4.69, 9.17) is 5.26 Å². The van der Waals surface area contributed by atoms with Crippen molar-refractivity contribution in [1.82, 2.24) is 0 Å². The normalized spacial score (nSPS) is 10.4. The summed E-state index contributed by atoms with van der Waals surface area (Å²) in [6, 6.07) is 5.51. The lowest BCUT2D eigenvalue weighted by molar-refractivity contribution is -0.137. The van der Waals surface area contributed by atoms with Crippen molar-refractivity contribution in [1.29, 1.82) is 0 Å². The molecule has 1 rings (SSSR count). The fourth-order valence-corrected chi connectivity index (χ4v) is 1.47. The van der Waals surface area contributed by atoms with Crippen molar-refractivity contribution < 1.29 is 10.1 Å². The van der Waals surface area contributed by atoms with E-state index in [9.17, 15) is 0 Å². The van der Waals surface area contributed by atoms with Gasteiger partial charge in [-0.3, -0.25) is 0 Å². The van der Waals surface area contributed by atoms with Crippen LogP contribution in [0.3, 0.4) is 0 Å². The fraction of sp³-hybridized carbons (Fsp3) is 0.333.